The predicted octanol–water partition coefficient (Wildman–Crippen LogP) is 1.70. The van der Waals surface area contributed by atoms with Crippen LogP contribution in [0.3, 0.4) is 0 Å². The summed E-state index contributed by atoms with van der Waals surface area (Å²) in [4.78, 5) is 27.5. The molecule has 1 heterocycles. The first-order chi connectivity index (χ1) is 11.0. The van der Waals surface area contributed by atoms with Gasteiger partial charge in [-0.3, -0.25) is 4.79 Å². The van der Waals surface area contributed by atoms with Crippen molar-refractivity contribution in [2.75, 3.05) is 39.3 Å². The monoisotopic (exact) mass is 325 g/mol. The van der Waals surface area contributed by atoms with Crippen LogP contribution in [0.1, 0.15) is 40.0 Å². The summed E-state index contributed by atoms with van der Waals surface area (Å²) in [5, 5.41) is 3.46. The van der Waals surface area contributed by atoms with E-state index in [1.54, 1.807) is 11.8 Å². The first-order valence-corrected chi connectivity index (χ1v) is 8.95. The van der Waals surface area contributed by atoms with Gasteiger partial charge >= 0.3 is 6.09 Å². The molecule has 6 nitrogen and oxygen atoms in total. The lowest BCUT2D eigenvalue weighted by atomic mass is 9.78. The van der Waals surface area contributed by atoms with Gasteiger partial charge in [0.2, 0.25) is 5.91 Å². The van der Waals surface area contributed by atoms with E-state index < -0.39 is 0 Å². The Morgan fingerprint density at radius 2 is 1.74 bits per heavy atom. The van der Waals surface area contributed by atoms with E-state index in [4.69, 9.17) is 4.74 Å². The molecule has 1 N–H and O–H groups in total. The van der Waals surface area contributed by atoms with Crippen LogP contribution >= 0.6 is 0 Å². The molecule has 3 atom stereocenters. The normalized spacial score (nSPS) is 28.6. The summed E-state index contributed by atoms with van der Waals surface area (Å²) in [6.07, 6.45) is 3.43. The van der Waals surface area contributed by atoms with Crippen LogP contribution in [0.25, 0.3) is 0 Å². The van der Waals surface area contributed by atoms with E-state index in [9.17, 15) is 9.59 Å². The van der Waals surface area contributed by atoms with Gasteiger partial charge in [-0.15, -0.1) is 0 Å². The molecule has 2 aliphatic rings. The zero-order chi connectivity index (χ0) is 16.8. The second-order valence-electron chi connectivity index (χ2n) is 6.82. The van der Waals surface area contributed by atoms with E-state index in [1.165, 1.54) is 12.8 Å². The molecule has 1 saturated carbocycles. The van der Waals surface area contributed by atoms with Gasteiger partial charge in [0.25, 0.3) is 0 Å². The minimum absolute atomic E-state index is 0.138. The maximum Gasteiger partial charge on any atom is 0.409 e. The molecule has 2 rings (SSSR count). The minimum atomic E-state index is -0.275. The van der Waals surface area contributed by atoms with Crippen LogP contribution in [0.4, 0.5) is 4.79 Å². The van der Waals surface area contributed by atoms with E-state index in [1.807, 2.05) is 4.90 Å². The third-order valence-electron chi connectivity index (χ3n) is 5.38. The Morgan fingerprint density at radius 3 is 2.39 bits per heavy atom. The number of carbonyl (C=O) groups is 2. The Hall–Kier alpha value is -1.30. The molecular formula is C17H31N3O3. The van der Waals surface area contributed by atoms with Crippen LogP contribution in [-0.4, -0.2) is 67.2 Å². The molecule has 1 aliphatic carbocycles. The Morgan fingerprint density at radius 1 is 1.09 bits per heavy atom. The second-order valence-corrected chi connectivity index (χ2v) is 6.82. The second kappa shape index (κ2) is 8.52. The third-order valence-corrected chi connectivity index (χ3v) is 5.38. The lowest BCUT2D eigenvalue weighted by Crippen LogP contribution is -2.53. The Labute approximate surface area is 139 Å². The van der Waals surface area contributed by atoms with Crippen LogP contribution in [0.15, 0.2) is 0 Å². The average molecular weight is 325 g/mol. The smallest absolute Gasteiger partial charge is 0.409 e. The highest BCUT2D eigenvalue weighted by Crippen LogP contribution is 2.29. The van der Waals surface area contributed by atoms with Crippen LogP contribution in [-0.2, 0) is 9.53 Å². The van der Waals surface area contributed by atoms with Gasteiger partial charge in [0.05, 0.1) is 13.2 Å². The number of nitrogens with zero attached hydrogens (tertiary/aromatic N) is 2. The molecule has 1 saturated heterocycles. The van der Waals surface area contributed by atoms with E-state index >= 15 is 0 Å². The molecule has 23 heavy (non-hydrogen) atoms. The van der Waals surface area contributed by atoms with Crippen LogP contribution in [0, 0.1) is 11.8 Å². The molecule has 2 amide bonds. The summed E-state index contributed by atoms with van der Waals surface area (Å²) in [7, 11) is 0. The van der Waals surface area contributed by atoms with Crippen molar-refractivity contribution in [3.63, 3.8) is 0 Å². The topological polar surface area (TPSA) is 61.9 Å². The summed E-state index contributed by atoms with van der Waals surface area (Å²) in [5.41, 5.74) is 0. The summed E-state index contributed by atoms with van der Waals surface area (Å²) in [5.74, 6) is 1.49. The molecule has 0 aromatic heterocycles. The molecule has 1 aliphatic heterocycles. The molecule has 2 fully saturated rings. The van der Waals surface area contributed by atoms with Gasteiger partial charge in [-0.1, -0.05) is 26.7 Å². The van der Waals surface area contributed by atoms with Gasteiger partial charge in [-0.2, -0.15) is 0 Å². The van der Waals surface area contributed by atoms with Gasteiger partial charge in [0.15, 0.2) is 0 Å². The highest BCUT2D eigenvalue weighted by molar-refractivity contribution is 5.78. The fourth-order valence-electron chi connectivity index (χ4n) is 3.55. The number of amides is 2. The SMILES string of the molecule is CCOC(=O)N1CCN(C(=O)CN[C@@H]2CCC[C@H](C)[C@@H]2C)CC1. The minimum Gasteiger partial charge on any atom is -0.450 e. The standard InChI is InChI=1S/C17H31N3O3/c1-4-23-17(22)20-10-8-19(9-11-20)16(21)12-18-15-7-5-6-13(2)14(15)3/h13-15,18H,4-12H2,1-3H3/t13-,14-,15+/m0/s1. The first-order valence-electron chi connectivity index (χ1n) is 8.95. The van der Waals surface area contributed by atoms with Crippen molar-refractivity contribution in [2.24, 2.45) is 11.8 Å². The fourth-order valence-corrected chi connectivity index (χ4v) is 3.55. The number of ether oxygens (including phenoxy) is 1. The zero-order valence-corrected chi connectivity index (χ0v) is 14.7. The molecular weight excluding hydrogens is 294 g/mol. The maximum atomic E-state index is 12.4. The van der Waals surface area contributed by atoms with Crippen molar-refractivity contribution < 1.29 is 14.3 Å². The highest BCUT2D eigenvalue weighted by Gasteiger charge is 2.29. The molecule has 0 aromatic carbocycles. The van der Waals surface area contributed by atoms with Crippen LogP contribution in [0.2, 0.25) is 0 Å². The molecule has 0 spiro atoms. The van der Waals surface area contributed by atoms with Gasteiger partial charge in [0.1, 0.15) is 0 Å². The summed E-state index contributed by atoms with van der Waals surface area (Å²) in [6.45, 7) is 9.48. The lowest BCUT2D eigenvalue weighted by molar-refractivity contribution is -0.132. The Kier molecular flexibility index (Phi) is 6.69. The first kappa shape index (κ1) is 18.0. The number of hydrogen-bond acceptors (Lipinski definition) is 4. The number of hydrogen-bond donors (Lipinski definition) is 1. The van der Waals surface area contributed by atoms with Crippen molar-refractivity contribution in [3.8, 4) is 0 Å². The average Bonchev–Trinajstić information content (AvgIpc) is 2.56. The quantitative estimate of drug-likeness (QED) is 0.854. The molecule has 132 valence electrons. The van der Waals surface area contributed by atoms with Gasteiger partial charge in [0, 0.05) is 32.2 Å². The number of nitrogens with one attached hydrogen (secondary N) is 1. The Bertz CT molecular complexity index is 408. The summed E-state index contributed by atoms with van der Waals surface area (Å²) < 4.78 is 5.00. The Balaban J connectivity index is 1.72. The third kappa shape index (κ3) is 4.83. The number of piperazine rings is 1. The maximum absolute atomic E-state index is 12.4. The summed E-state index contributed by atoms with van der Waals surface area (Å²) >= 11 is 0. The van der Waals surface area contributed by atoms with E-state index in [2.05, 4.69) is 19.2 Å². The van der Waals surface area contributed by atoms with Crippen molar-refractivity contribution in [3.05, 3.63) is 0 Å². The van der Waals surface area contributed by atoms with E-state index in [-0.39, 0.29) is 12.0 Å². The van der Waals surface area contributed by atoms with Crippen LogP contribution < -0.4 is 5.32 Å². The van der Waals surface area contributed by atoms with Gasteiger partial charge in [-0.05, 0) is 25.2 Å². The molecule has 0 bridgehead atoms. The van der Waals surface area contributed by atoms with Gasteiger partial charge < -0.3 is 19.9 Å². The van der Waals surface area contributed by atoms with E-state index in [0.717, 1.165) is 12.3 Å². The van der Waals surface area contributed by atoms with Crippen molar-refractivity contribution >= 4 is 12.0 Å². The number of rotatable bonds is 4. The van der Waals surface area contributed by atoms with Crippen molar-refractivity contribution in [1.29, 1.82) is 0 Å². The van der Waals surface area contributed by atoms with Crippen LogP contribution in [0.5, 0.6) is 0 Å². The molecule has 6 heteroatoms. The number of carbonyl (C=O) groups excluding carboxylic acids is 2. The summed E-state index contributed by atoms with van der Waals surface area (Å²) in [6, 6.07) is 0.448. The van der Waals surface area contributed by atoms with Gasteiger partial charge in [-0.25, -0.2) is 4.79 Å². The molecule has 0 radical (unpaired) electrons. The predicted molar refractivity (Wildman–Crippen MR) is 89.1 cm³/mol. The van der Waals surface area contributed by atoms with Crippen molar-refractivity contribution in [2.45, 2.75) is 46.1 Å². The van der Waals surface area contributed by atoms with Crippen molar-refractivity contribution in [1.82, 2.24) is 15.1 Å². The molecule has 0 unspecified atom stereocenters. The highest BCUT2D eigenvalue weighted by atomic mass is 16.6. The molecule has 0 aromatic rings. The largest absolute Gasteiger partial charge is 0.450 e. The fraction of sp³-hybridized carbons (Fsp3) is 0.882. The van der Waals surface area contributed by atoms with E-state index in [0.29, 0.717) is 51.3 Å². The lowest BCUT2D eigenvalue weighted by Gasteiger charge is -2.36. The zero-order valence-electron chi connectivity index (χ0n) is 14.7.